The van der Waals surface area contributed by atoms with Crippen molar-refractivity contribution < 1.29 is 4.74 Å². The minimum absolute atomic E-state index is 0.249. The third-order valence-corrected chi connectivity index (χ3v) is 5.63. The van der Waals surface area contributed by atoms with Gasteiger partial charge in [-0.25, -0.2) is 9.97 Å². The molecule has 4 aromatic rings. The van der Waals surface area contributed by atoms with Crippen LogP contribution in [0.15, 0.2) is 35.4 Å². The monoisotopic (exact) mass is 365 g/mol. The zero-order valence-electron chi connectivity index (χ0n) is 14.5. The standard InChI is InChI=1S/C19H19N5OS/c1-12-7-14(4-6-25-12)24-17(8-13-10-26-11-22-13)23-16-9-21-15-3-2-5-20-18(15)19(16)24/h2-3,5,9-12,14H,4,6-8H2,1H3/t12-,14-/m1/s1. The maximum Gasteiger partial charge on any atom is 0.116 e. The second-order valence-electron chi connectivity index (χ2n) is 6.78. The summed E-state index contributed by atoms with van der Waals surface area (Å²) in [6.45, 7) is 2.92. The first-order valence-electron chi connectivity index (χ1n) is 8.89. The molecule has 132 valence electrons. The van der Waals surface area contributed by atoms with Gasteiger partial charge in [0.05, 0.1) is 34.5 Å². The molecule has 0 N–H and O–H groups in total. The lowest BCUT2D eigenvalue weighted by atomic mass is 10.0. The van der Waals surface area contributed by atoms with Crippen LogP contribution in [0.25, 0.3) is 22.1 Å². The molecule has 6 nitrogen and oxygen atoms in total. The van der Waals surface area contributed by atoms with Crippen LogP contribution in [0.4, 0.5) is 0 Å². The quantitative estimate of drug-likeness (QED) is 0.553. The largest absolute Gasteiger partial charge is 0.378 e. The highest BCUT2D eigenvalue weighted by molar-refractivity contribution is 7.07. The van der Waals surface area contributed by atoms with Gasteiger partial charge in [-0.1, -0.05) is 0 Å². The first-order valence-corrected chi connectivity index (χ1v) is 9.83. The number of ether oxygens (including phenoxy) is 1. The van der Waals surface area contributed by atoms with E-state index in [-0.39, 0.29) is 6.10 Å². The second-order valence-corrected chi connectivity index (χ2v) is 7.50. The van der Waals surface area contributed by atoms with Crippen molar-refractivity contribution in [2.24, 2.45) is 0 Å². The van der Waals surface area contributed by atoms with E-state index in [0.717, 1.165) is 59.5 Å². The fourth-order valence-electron chi connectivity index (χ4n) is 3.85. The van der Waals surface area contributed by atoms with Crippen molar-refractivity contribution in [2.45, 2.75) is 38.3 Å². The molecule has 1 fully saturated rings. The molecule has 4 aromatic heterocycles. The highest BCUT2D eigenvalue weighted by Gasteiger charge is 2.26. The summed E-state index contributed by atoms with van der Waals surface area (Å²) >= 11 is 1.62. The minimum Gasteiger partial charge on any atom is -0.378 e. The lowest BCUT2D eigenvalue weighted by Gasteiger charge is -2.30. The summed E-state index contributed by atoms with van der Waals surface area (Å²) in [6, 6.07) is 4.28. The molecule has 0 spiro atoms. The molecule has 1 saturated heterocycles. The van der Waals surface area contributed by atoms with E-state index < -0.39 is 0 Å². The Labute approximate surface area is 154 Å². The van der Waals surface area contributed by atoms with Crippen LogP contribution in [0, 0.1) is 0 Å². The van der Waals surface area contributed by atoms with Crippen LogP contribution >= 0.6 is 11.3 Å². The van der Waals surface area contributed by atoms with E-state index >= 15 is 0 Å². The van der Waals surface area contributed by atoms with Crippen molar-refractivity contribution in [3.63, 3.8) is 0 Å². The van der Waals surface area contributed by atoms with Gasteiger partial charge in [-0.3, -0.25) is 9.97 Å². The molecule has 2 atom stereocenters. The topological polar surface area (TPSA) is 65.7 Å². The third kappa shape index (κ3) is 2.68. The molecule has 26 heavy (non-hydrogen) atoms. The van der Waals surface area contributed by atoms with Crippen molar-refractivity contribution in [3.8, 4) is 0 Å². The number of pyridine rings is 2. The fourth-order valence-corrected chi connectivity index (χ4v) is 4.41. The Morgan fingerprint density at radius 2 is 2.23 bits per heavy atom. The van der Waals surface area contributed by atoms with Crippen LogP contribution < -0.4 is 0 Å². The number of imidazole rings is 1. The molecule has 7 heteroatoms. The van der Waals surface area contributed by atoms with E-state index in [4.69, 9.17) is 9.72 Å². The van der Waals surface area contributed by atoms with Crippen molar-refractivity contribution in [2.75, 3.05) is 6.61 Å². The number of hydrogen-bond donors (Lipinski definition) is 0. The van der Waals surface area contributed by atoms with Crippen molar-refractivity contribution in [1.29, 1.82) is 0 Å². The molecule has 0 unspecified atom stereocenters. The number of fused-ring (bicyclic) bond motifs is 3. The molecule has 0 aromatic carbocycles. The van der Waals surface area contributed by atoms with Crippen LogP contribution in [-0.2, 0) is 11.2 Å². The van der Waals surface area contributed by atoms with Crippen LogP contribution in [-0.4, -0.2) is 37.2 Å². The first-order chi connectivity index (χ1) is 12.8. The molecular weight excluding hydrogens is 346 g/mol. The van der Waals surface area contributed by atoms with Crippen LogP contribution in [0.2, 0.25) is 0 Å². The van der Waals surface area contributed by atoms with Crippen molar-refractivity contribution in [3.05, 3.63) is 46.9 Å². The lowest BCUT2D eigenvalue weighted by molar-refractivity contribution is 0.00630. The SMILES string of the molecule is C[C@@H]1C[C@H](n2c(Cc3cscn3)nc3cnc4cccnc4c32)CCO1. The molecule has 1 aliphatic heterocycles. The summed E-state index contributed by atoms with van der Waals surface area (Å²) in [7, 11) is 0. The molecular formula is C19H19N5OS. The van der Waals surface area contributed by atoms with Crippen LogP contribution in [0.3, 0.4) is 0 Å². The Morgan fingerprint density at radius 1 is 1.27 bits per heavy atom. The summed E-state index contributed by atoms with van der Waals surface area (Å²) in [5.41, 5.74) is 6.73. The van der Waals surface area contributed by atoms with Gasteiger partial charge in [0.1, 0.15) is 16.9 Å². The Bertz CT molecular complexity index is 1060. The van der Waals surface area contributed by atoms with Gasteiger partial charge in [-0.05, 0) is 31.9 Å². The average Bonchev–Trinajstić information content (AvgIpc) is 3.29. The molecule has 0 radical (unpaired) electrons. The summed E-state index contributed by atoms with van der Waals surface area (Å²) in [4.78, 5) is 18.5. The van der Waals surface area contributed by atoms with E-state index in [0.29, 0.717) is 6.04 Å². The molecule has 0 bridgehead atoms. The minimum atomic E-state index is 0.249. The van der Waals surface area contributed by atoms with E-state index in [9.17, 15) is 0 Å². The van der Waals surface area contributed by atoms with Gasteiger partial charge in [-0.15, -0.1) is 11.3 Å². The highest BCUT2D eigenvalue weighted by atomic mass is 32.1. The first kappa shape index (κ1) is 15.8. The number of rotatable bonds is 3. The predicted octanol–water partition coefficient (Wildman–Crippen LogP) is 3.77. The summed E-state index contributed by atoms with van der Waals surface area (Å²) in [5.74, 6) is 1.03. The number of hydrogen-bond acceptors (Lipinski definition) is 6. The van der Waals surface area contributed by atoms with Crippen LogP contribution in [0.5, 0.6) is 0 Å². The van der Waals surface area contributed by atoms with Crippen LogP contribution in [0.1, 0.15) is 37.3 Å². The van der Waals surface area contributed by atoms with Gasteiger partial charge >= 0.3 is 0 Å². The van der Waals surface area contributed by atoms with Crippen molar-refractivity contribution >= 4 is 33.4 Å². The lowest BCUT2D eigenvalue weighted by Crippen LogP contribution is -2.26. The summed E-state index contributed by atoms with van der Waals surface area (Å²) in [6.07, 6.45) is 6.62. The van der Waals surface area contributed by atoms with E-state index in [1.54, 1.807) is 11.3 Å². The zero-order valence-corrected chi connectivity index (χ0v) is 15.3. The highest BCUT2D eigenvalue weighted by Crippen LogP contribution is 2.33. The van der Waals surface area contributed by atoms with E-state index in [1.165, 1.54) is 0 Å². The van der Waals surface area contributed by atoms with Gasteiger partial charge in [0.25, 0.3) is 0 Å². The Hall–Kier alpha value is -2.38. The summed E-state index contributed by atoms with van der Waals surface area (Å²) in [5, 5.41) is 2.09. The Morgan fingerprint density at radius 3 is 3.08 bits per heavy atom. The molecule has 5 heterocycles. The zero-order chi connectivity index (χ0) is 17.5. The number of aromatic nitrogens is 5. The smallest absolute Gasteiger partial charge is 0.116 e. The summed E-state index contributed by atoms with van der Waals surface area (Å²) < 4.78 is 8.16. The second kappa shape index (κ2) is 6.41. The molecule has 0 saturated carbocycles. The van der Waals surface area contributed by atoms with Gasteiger partial charge in [-0.2, -0.15) is 0 Å². The van der Waals surface area contributed by atoms with Gasteiger partial charge in [0, 0.05) is 30.6 Å². The number of nitrogens with zero attached hydrogens (tertiary/aromatic N) is 5. The number of thiazole rings is 1. The van der Waals surface area contributed by atoms with E-state index in [1.807, 2.05) is 30.0 Å². The van der Waals surface area contributed by atoms with Gasteiger partial charge in [0.2, 0.25) is 0 Å². The Balaban J connectivity index is 1.74. The average molecular weight is 365 g/mol. The van der Waals surface area contributed by atoms with Gasteiger partial charge in [0.15, 0.2) is 0 Å². The van der Waals surface area contributed by atoms with Crippen molar-refractivity contribution in [1.82, 2.24) is 24.5 Å². The normalized spacial score (nSPS) is 20.8. The Kier molecular flexibility index (Phi) is 3.90. The predicted molar refractivity (Wildman–Crippen MR) is 101 cm³/mol. The molecule has 0 amide bonds. The molecule has 0 aliphatic carbocycles. The van der Waals surface area contributed by atoms with Gasteiger partial charge < -0.3 is 9.30 Å². The maximum absolute atomic E-state index is 5.78. The third-order valence-electron chi connectivity index (χ3n) is 4.99. The maximum atomic E-state index is 5.78. The molecule has 1 aliphatic rings. The fraction of sp³-hybridized carbons (Fsp3) is 0.368. The van der Waals surface area contributed by atoms with E-state index in [2.05, 4.69) is 31.8 Å². The molecule has 5 rings (SSSR count).